The molecule has 6 heteroatoms. The lowest BCUT2D eigenvalue weighted by molar-refractivity contribution is 0.271. The van der Waals surface area contributed by atoms with Gasteiger partial charge in [-0.2, -0.15) is 4.98 Å². The smallest absolute Gasteiger partial charge is 0.322 e. The summed E-state index contributed by atoms with van der Waals surface area (Å²) in [4.78, 5) is 9.25. The summed E-state index contributed by atoms with van der Waals surface area (Å²) in [5, 5.41) is 5.09. The number of likely N-dealkylation sites (N-methyl/N-ethyl adjacent to an activating group) is 1. The molecule has 4 rings (SSSR count). The Morgan fingerprint density at radius 2 is 1.78 bits per heavy atom. The van der Waals surface area contributed by atoms with Crippen molar-refractivity contribution < 1.29 is 4.52 Å². The van der Waals surface area contributed by atoms with Crippen LogP contribution in [0.4, 0.5) is 6.01 Å². The van der Waals surface area contributed by atoms with Crippen molar-refractivity contribution in [3.05, 3.63) is 40.7 Å². The van der Waals surface area contributed by atoms with E-state index in [1.54, 1.807) is 0 Å². The number of anilines is 1. The van der Waals surface area contributed by atoms with E-state index in [2.05, 4.69) is 34.1 Å². The first-order chi connectivity index (χ1) is 11.2. The molecule has 0 amide bonds. The van der Waals surface area contributed by atoms with Gasteiger partial charge in [0, 0.05) is 31.2 Å². The van der Waals surface area contributed by atoms with Crippen LogP contribution in [0.5, 0.6) is 0 Å². The first kappa shape index (κ1) is 15.0. The molecule has 0 spiro atoms. The summed E-state index contributed by atoms with van der Waals surface area (Å²) in [6.07, 6.45) is 3.33. The molecule has 0 unspecified atom stereocenters. The maximum atomic E-state index is 6.03. The van der Waals surface area contributed by atoms with Gasteiger partial charge in [0.05, 0.1) is 5.41 Å². The third-order valence-electron chi connectivity index (χ3n) is 5.22. The molecule has 0 N–H and O–H groups in total. The highest BCUT2D eigenvalue weighted by atomic mass is 35.5. The Kier molecular flexibility index (Phi) is 3.77. The fourth-order valence-electron chi connectivity index (χ4n) is 3.48. The first-order valence-corrected chi connectivity index (χ1v) is 8.59. The maximum absolute atomic E-state index is 6.03. The maximum Gasteiger partial charge on any atom is 0.324 e. The number of rotatable bonds is 3. The summed E-state index contributed by atoms with van der Waals surface area (Å²) in [7, 11) is 2.14. The average molecular weight is 333 g/mol. The van der Waals surface area contributed by atoms with Gasteiger partial charge in [-0.25, -0.2) is 0 Å². The normalized spacial score (nSPS) is 21.2. The lowest BCUT2D eigenvalue weighted by atomic mass is 9.64. The lowest BCUT2D eigenvalue weighted by Crippen LogP contribution is -2.44. The molecule has 0 atom stereocenters. The van der Waals surface area contributed by atoms with Crippen LogP contribution >= 0.6 is 11.6 Å². The molecule has 122 valence electrons. The summed E-state index contributed by atoms with van der Waals surface area (Å²) in [6.45, 7) is 3.93. The largest absolute Gasteiger partial charge is 0.324 e. The standard InChI is InChI=1S/C17H21ClN4O/c1-21-9-11-22(12-10-21)16-19-15(20-23-16)17(7-2-8-17)13-3-5-14(18)6-4-13/h3-6H,2,7-12H2,1H3. The van der Waals surface area contributed by atoms with Crippen LogP contribution in [0.15, 0.2) is 28.8 Å². The number of hydrogen-bond acceptors (Lipinski definition) is 5. The monoisotopic (exact) mass is 332 g/mol. The number of aromatic nitrogens is 2. The zero-order valence-corrected chi connectivity index (χ0v) is 14.1. The molecule has 1 aromatic heterocycles. The first-order valence-electron chi connectivity index (χ1n) is 8.21. The predicted octanol–water partition coefficient (Wildman–Crippen LogP) is 2.94. The second kappa shape index (κ2) is 5.80. The Bertz CT molecular complexity index is 672. The van der Waals surface area contributed by atoms with E-state index in [4.69, 9.17) is 21.1 Å². The highest BCUT2D eigenvalue weighted by Gasteiger charge is 2.44. The van der Waals surface area contributed by atoms with Crippen molar-refractivity contribution in [3.8, 4) is 0 Å². The molecule has 1 aliphatic heterocycles. The Hall–Kier alpha value is -1.59. The molecular weight excluding hydrogens is 312 g/mol. The van der Waals surface area contributed by atoms with Crippen LogP contribution in [0.25, 0.3) is 0 Å². The van der Waals surface area contributed by atoms with Crippen LogP contribution in [0.3, 0.4) is 0 Å². The molecule has 2 heterocycles. The molecule has 2 aliphatic rings. The summed E-state index contributed by atoms with van der Waals surface area (Å²) in [5.41, 5.74) is 1.14. The molecule has 0 radical (unpaired) electrons. The van der Waals surface area contributed by atoms with Gasteiger partial charge in [-0.3, -0.25) is 0 Å². The average Bonchev–Trinajstić information content (AvgIpc) is 2.99. The Morgan fingerprint density at radius 1 is 1.09 bits per heavy atom. The van der Waals surface area contributed by atoms with Gasteiger partial charge in [0.2, 0.25) is 0 Å². The highest BCUT2D eigenvalue weighted by molar-refractivity contribution is 6.30. The number of piperazine rings is 1. The molecule has 0 bridgehead atoms. The van der Waals surface area contributed by atoms with Gasteiger partial charge in [0.1, 0.15) is 0 Å². The Labute approximate surface area is 141 Å². The minimum absolute atomic E-state index is 0.0983. The molecule has 1 aliphatic carbocycles. The second-order valence-corrected chi connectivity index (χ2v) is 7.07. The van der Waals surface area contributed by atoms with Crippen LogP contribution < -0.4 is 4.90 Å². The quantitative estimate of drug-likeness (QED) is 0.864. The minimum atomic E-state index is -0.0983. The van der Waals surface area contributed by atoms with Gasteiger partial charge in [-0.05, 0) is 37.6 Å². The fraction of sp³-hybridized carbons (Fsp3) is 0.529. The van der Waals surface area contributed by atoms with Crippen LogP contribution in [0.2, 0.25) is 5.02 Å². The molecule has 2 aromatic rings. The molecule has 2 fully saturated rings. The molecule has 5 nitrogen and oxygen atoms in total. The summed E-state index contributed by atoms with van der Waals surface area (Å²) in [5.74, 6) is 0.819. The van der Waals surface area contributed by atoms with Crippen LogP contribution in [0.1, 0.15) is 30.7 Å². The zero-order valence-electron chi connectivity index (χ0n) is 13.3. The topological polar surface area (TPSA) is 45.4 Å². The van der Waals surface area contributed by atoms with E-state index in [1.807, 2.05) is 12.1 Å². The van der Waals surface area contributed by atoms with Crippen LogP contribution in [-0.2, 0) is 5.41 Å². The van der Waals surface area contributed by atoms with Crippen molar-refractivity contribution >= 4 is 17.6 Å². The number of hydrogen-bond donors (Lipinski definition) is 0. The van der Waals surface area contributed by atoms with Crippen molar-refractivity contribution in [2.24, 2.45) is 0 Å². The van der Waals surface area contributed by atoms with Crippen molar-refractivity contribution in [2.75, 3.05) is 38.1 Å². The van der Waals surface area contributed by atoms with E-state index in [1.165, 1.54) is 12.0 Å². The van der Waals surface area contributed by atoms with Gasteiger partial charge < -0.3 is 14.3 Å². The van der Waals surface area contributed by atoms with Gasteiger partial charge >= 0.3 is 6.01 Å². The van der Waals surface area contributed by atoms with E-state index >= 15 is 0 Å². The number of nitrogens with zero attached hydrogens (tertiary/aromatic N) is 4. The number of benzene rings is 1. The van der Waals surface area contributed by atoms with Crippen molar-refractivity contribution in [3.63, 3.8) is 0 Å². The van der Waals surface area contributed by atoms with Crippen molar-refractivity contribution in [2.45, 2.75) is 24.7 Å². The van der Waals surface area contributed by atoms with Crippen LogP contribution in [-0.4, -0.2) is 48.3 Å². The predicted molar refractivity (Wildman–Crippen MR) is 90.1 cm³/mol. The lowest BCUT2D eigenvalue weighted by Gasteiger charge is -2.39. The van der Waals surface area contributed by atoms with Crippen molar-refractivity contribution in [1.29, 1.82) is 0 Å². The van der Waals surface area contributed by atoms with E-state index < -0.39 is 0 Å². The Balaban J connectivity index is 1.60. The van der Waals surface area contributed by atoms with Gasteiger partial charge in [-0.1, -0.05) is 35.3 Å². The molecular formula is C17H21ClN4O. The second-order valence-electron chi connectivity index (χ2n) is 6.63. The van der Waals surface area contributed by atoms with Gasteiger partial charge in [0.15, 0.2) is 5.82 Å². The SMILES string of the molecule is CN1CCN(c2nc(C3(c4ccc(Cl)cc4)CCC3)no2)CC1. The third-order valence-corrected chi connectivity index (χ3v) is 5.47. The van der Waals surface area contributed by atoms with Crippen LogP contribution in [0, 0.1) is 0 Å². The highest BCUT2D eigenvalue weighted by Crippen LogP contribution is 2.48. The molecule has 1 aromatic carbocycles. The Morgan fingerprint density at radius 3 is 2.39 bits per heavy atom. The van der Waals surface area contributed by atoms with E-state index in [0.29, 0.717) is 6.01 Å². The van der Waals surface area contributed by atoms with E-state index in [-0.39, 0.29) is 5.41 Å². The molecule has 1 saturated carbocycles. The summed E-state index contributed by atoms with van der Waals surface area (Å²) < 4.78 is 5.59. The van der Waals surface area contributed by atoms with Gasteiger partial charge in [-0.15, -0.1) is 0 Å². The fourth-order valence-corrected chi connectivity index (χ4v) is 3.60. The molecule has 23 heavy (non-hydrogen) atoms. The third kappa shape index (κ3) is 2.62. The van der Waals surface area contributed by atoms with E-state index in [0.717, 1.165) is 49.9 Å². The molecule has 1 saturated heterocycles. The minimum Gasteiger partial charge on any atom is -0.322 e. The van der Waals surface area contributed by atoms with Gasteiger partial charge in [0.25, 0.3) is 0 Å². The summed E-state index contributed by atoms with van der Waals surface area (Å²) >= 11 is 6.03. The number of halogens is 1. The zero-order chi connectivity index (χ0) is 15.9. The van der Waals surface area contributed by atoms with Crippen molar-refractivity contribution in [1.82, 2.24) is 15.0 Å². The summed E-state index contributed by atoms with van der Waals surface area (Å²) in [6, 6.07) is 8.73. The van der Waals surface area contributed by atoms with E-state index in [9.17, 15) is 0 Å².